The van der Waals surface area contributed by atoms with Crippen molar-refractivity contribution < 1.29 is 4.79 Å². The van der Waals surface area contributed by atoms with Gasteiger partial charge in [-0.1, -0.05) is 25.0 Å². The zero-order chi connectivity index (χ0) is 14.0. The quantitative estimate of drug-likeness (QED) is 0.844. The Morgan fingerprint density at radius 1 is 1.58 bits per heavy atom. The molecular formula is C15H16N2OS. The minimum absolute atomic E-state index is 0.193. The van der Waals surface area contributed by atoms with Gasteiger partial charge in [0.25, 0.3) is 5.91 Å². The molecule has 98 valence electrons. The third-order valence-corrected chi connectivity index (χ3v) is 4.17. The van der Waals surface area contributed by atoms with Crippen LogP contribution in [0.5, 0.6) is 0 Å². The van der Waals surface area contributed by atoms with E-state index in [9.17, 15) is 4.79 Å². The van der Waals surface area contributed by atoms with Crippen LogP contribution in [0.3, 0.4) is 0 Å². The Balaban J connectivity index is 2.38. The fourth-order valence-electron chi connectivity index (χ4n) is 1.88. The summed E-state index contributed by atoms with van der Waals surface area (Å²) < 4.78 is 1.02. The third-order valence-electron chi connectivity index (χ3n) is 3.00. The van der Waals surface area contributed by atoms with Crippen LogP contribution in [-0.4, -0.2) is 11.9 Å². The molecule has 0 aliphatic rings. The van der Waals surface area contributed by atoms with Gasteiger partial charge < -0.3 is 11.1 Å². The number of hydrogen-bond donors (Lipinski definition) is 2. The molecule has 1 atom stereocenters. The maximum atomic E-state index is 12.2. The maximum absolute atomic E-state index is 12.2. The first kappa shape index (κ1) is 13.4. The van der Waals surface area contributed by atoms with Gasteiger partial charge in [0.2, 0.25) is 0 Å². The standard InChI is InChI=1S/C15H16N2OS/c1-4-10(5-2)17-15(18)14-13(16)11-7-6-9(3)8-12(11)19-14/h1,6-8,10H,5,16H2,2-3H3,(H,17,18). The van der Waals surface area contributed by atoms with E-state index in [4.69, 9.17) is 12.2 Å². The van der Waals surface area contributed by atoms with Crippen molar-refractivity contribution in [2.24, 2.45) is 0 Å². The first-order valence-corrected chi connectivity index (χ1v) is 6.94. The second-order valence-corrected chi connectivity index (χ2v) is 5.50. The Hall–Kier alpha value is -1.99. The van der Waals surface area contributed by atoms with Gasteiger partial charge in [-0.15, -0.1) is 17.8 Å². The average molecular weight is 272 g/mol. The Morgan fingerprint density at radius 3 is 2.95 bits per heavy atom. The van der Waals surface area contributed by atoms with Crippen LogP contribution < -0.4 is 11.1 Å². The summed E-state index contributed by atoms with van der Waals surface area (Å²) in [5, 5.41) is 3.73. The van der Waals surface area contributed by atoms with Gasteiger partial charge >= 0.3 is 0 Å². The molecule has 19 heavy (non-hydrogen) atoms. The molecule has 3 N–H and O–H groups in total. The lowest BCUT2D eigenvalue weighted by molar-refractivity contribution is 0.0950. The molecule has 1 unspecified atom stereocenters. The summed E-state index contributed by atoms with van der Waals surface area (Å²) in [5.74, 6) is 2.35. The number of rotatable bonds is 3. The summed E-state index contributed by atoms with van der Waals surface area (Å²) >= 11 is 1.40. The zero-order valence-electron chi connectivity index (χ0n) is 11.0. The van der Waals surface area contributed by atoms with Crippen LogP contribution in [-0.2, 0) is 0 Å². The van der Waals surface area contributed by atoms with Crippen molar-refractivity contribution in [3.63, 3.8) is 0 Å². The average Bonchev–Trinajstić information content (AvgIpc) is 2.72. The molecule has 0 aliphatic carbocycles. The number of nitrogens with two attached hydrogens (primary N) is 1. The SMILES string of the molecule is C#CC(CC)NC(=O)c1sc2cc(C)ccc2c1N. The highest BCUT2D eigenvalue weighted by molar-refractivity contribution is 7.21. The minimum Gasteiger partial charge on any atom is -0.397 e. The second kappa shape index (κ2) is 5.33. The lowest BCUT2D eigenvalue weighted by Crippen LogP contribution is -2.33. The molecule has 0 saturated heterocycles. The molecule has 0 saturated carbocycles. The van der Waals surface area contributed by atoms with Crippen LogP contribution in [0, 0.1) is 19.3 Å². The molecule has 2 aromatic rings. The first-order valence-electron chi connectivity index (χ1n) is 6.12. The number of thiophene rings is 1. The molecule has 1 aromatic carbocycles. The van der Waals surface area contributed by atoms with Gasteiger partial charge in [0.15, 0.2) is 0 Å². The molecule has 0 aliphatic heterocycles. The van der Waals surface area contributed by atoms with Gasteiger partial charge in [0.1, 0.15) is 4.88 Å². The van der Waals surface area contributed by atoms with Crippen LogP contribution in [0.2, 0.25) is 0 Å². The van der Waals surface area contributed by atoms with Gasteiger partial charge in [0.05, 0.1) is 11.7 Å². The molecular weight excluding hydrogens is 256 g/mol. The number of aryl methyl sites for hydroxylation is 1. The van der Waals surface area contributed by atoms with Gasteiger partial charge in [-0.25, -0.2) is 0 Å². The van der Waals surface area contributed by atoms with Crippen LogP contribution in [0.1, 0.15) is 28.6 Å². The molecule has 1 amide bonds. The van der Waals surface area contributed by atoms with Crippen molar-refractivity contribution in [3.8, 4) is 12.3 Å². The lowest BCUT2D eigenvalue weighted by atomic mass is 10.1. The summed E-state index contributed by atoms with van der Waals surface area (Å²) in [6.07, 6.45) is 6.05. The molecule has 3 nitrogen and oxygen atoms in total. The number of fused-ring (bicyclic) bond motifs is 1. The Labute approximate surface area is 116 Å². The molecule has 0 spiro atoms. The Morgan fingerprint density at radius 2 is 2.32 bits per heavy atom. The van der Waals surface area contributed by atoms with E-state index >= 15 is 0 Å². The van der Waals surface area contributed by atoms with Crippen LogP contribution in [0.4, 0.5) is 5.69 Å². The van der Waals surface area contributed by atoms with Gasteiger partial charge in [-0.05, 0) is 25.0 Å². The summed E-state index contributed by atoms with van der Waals surface area (Å²) in [5.41, 5.74) is 7.73. The number of terminal acetylenes is 1. The van der Waals surface area contributed by atoms with Crippen molar-refractivity contribution >= 4 is 33.0 Å². The van der Waals surface area contributed by atoms with Gasteiger partial charge in [0, 0.05) is 10.1 Å². The first-order chi connectivity index (χ1) is 9.06. The number of nitrogens with one attached hydrogen (secondary N) is 1. The summed E-state index contributed by atoms with van der Waals surface area (Å²) in [7, 11) is 0. The largest absolute Gasteiger partial charge is 0.397 e. The summed E-state index contributed by atoms with van der Waals surface area (Å²) in [6, 6.07) is 5.72. The van der Waals surface area contributed by atoms with Gasteiger partial charge in [-0.2, -0.15) is 0 Å². The zero-order valence-corrected chi connectivity index (χ0v) is 11.8. The maximum Gasteiger partial charge on any atom is 0.264 e. The highest BCUT2D eigenvalue weighted by Crippen LogP contribution is 2.34. The van der Waals surface area contributed by atoms with E-state index in [1.165, 1.54) is 11.3 Å². The van der Waals surface area contributed by atoms with Crippen molar-refractivity contribution in [2.75, 3.05) is 5.73 Å². The van der Waals surface area contributed by atoms with Crippen LogP contribution in [0.15, 0.2) is 18.2 Å². The number of amides is 1. The monoisotopic (exact) mass is 272 g/mol. The summed E-state index contributed by atoms with van der Waals surface area (Å²) in [6.45, 7) is 3.95. The van der Waals surface area contributed by atoms with E-state index < -0.39 is 0 Å². The molecule has 0 radical (unpaired) electrons. The molecule has 4 heteroatoms. The normalized spacial score (nSPS) is 12.1. The fraction of sp³-hybridized carbons (Fsp3) is 0.267. The minimum atomic E-state index is -0.251. The van der Waals surface area contributed by atoms with E-state index in [-0.39, 0.29) is 11.9 Å². The highest BCUT2D eigenvalue weighted by atomic mass is 32.1. The summed E-state index contributed by atoms with van der Waals surface area (Å²) in [4.78, 5) is 12.7. The molecule has 1 heterocycles. The predicted molar refractivity (Wildman–Crippen MR) is 81.4 cm³/mol. The number of benzene rings is 1. The second-order valence-electron chi connectivity index (χ2n) is 4.45. The number of carbonyl (C=O) groups is 1. The molecule has 0 fully saturated rings. The Kier molecular flexibility index (Phi) is 3.77. The number of anilines is 1. The number of nitrogen functional groups attached to an aromatic ring is 1. The van der Waals surface area contributed by atoms with E-state index in [1.807, 2.05) is 32.0 Å². The van der Waals surface area contributed by atoms with Crippen LogP contribution >= 0.6 is 11.3 Å². The molecule has 2 rings (SSSR count). The van der Waals surface area contributed by atoms with Crippen LogP contribution in [0.25, 0.3) is 10.1 Å². The topological polar surface area (TPSA) is 55.1 Å². The fourth-order valence-corrected chi connectivity index (χ4v) is 3.00. The molecule has 0 bridgehead atoms. The van der Waals surface area contributed by atoms with E-state index in [2.05, 4.69) is 11.2 Å². The van der Waals surface area contributed by atoms with E-state index in [0.717, 1.165) is 15.6 Å². The van der Waals surface area contributed by atoms with Gasteiger partial charge in [-0.3, -0.25) is 4.79 Å². The van der Waals surface area contributed by atoms with Crippen molar-refractivity contribution in [2.45, 2.75) is 26.3 Å². The number of hydrogen-bond acceptors (Lipinski definition) is 3. The smallest absolute Gasteiger partial charge is 0.264 e. The van der Waals surface area contributed by atoms with E-state index in [0.29, 0.717) is 17.0 Å². The lowest BCUT2D eigenvalue weighted by Gasteiger charge is -2.09. The Bertz CT molecular complexity index is 667. The van der Waals surface area contributed by atoms with Crippen molar-refractivity contribution in [1.82, 2.24) is 5.32 Å². The number of carbonyl (C=O) groups excluding carboxylic acids is 1. The van der Waals surface area contributed by atoms with Crippen molar-refractivity contribution in [1.29, 1.82) is 0 Å². The highest BCUT2D eigenvalue weighted by Gasteiger charge is 2.18. The third kappa shape index (κ3) is 2.56. The van der Waals surface area contributed by atoms with Crippen molar-refractivity contribution in [3.05, 3.63) is 28.6 Å². The molecule has 1 aromatic heterocycles. The van der Waals surface area contributed by atoms with E-state index in [1.54, 1.807) is 0 Å². The predicted octanol–water partition coefficient (Wildman–Crippen LogP) is 2.93.